The van der Waals surface area contributed by atoms with E-state index in [2.05, 4.69) is 27.8 Å². The summed E-state index contributed by atoms with van der Waals surface area (Å²) < 4.78 is 0. The highest BCUT2D eigenvalue weighted by Gasteiger charge is 2.22. The molecule has 0 amide bonds. The van der Waals surface area contributed by atoms with Gasteiger partial charge in [-0.3, -0.25) is 4.99 Å². The van der Waals surface area contributed by atoms with Crippen LogP contribution < -0.4 is 10.6 Å². The molecule has 0 bridgehead atoms. The Kier molecular flexibility index (Phi) is 2.59. The predicted molar refractivity (Wildman–Crippen MR) is 58.0 cm³/mol. The molecule has 1 saturated heterocycles. The molecule has 2 heterocycles. The second kappa shape index (κ2) is 3.87. The summed E-state index contributed by atoms with van der Waals surface area (Å²) in [7, 11) is 1.82. The van der Waals surface area contributed by atoms with Gasteiger partial charge < -0.3 is 10.6 Å². The van der Waals surface area contributed by atoms with Gasteiger partial charge in [0.05, 0.1) is 6.04 Å². The Hall–Kier alpha value is -0.900. The maximum Gasteiger partial charge on any atom is 0.156 e. The number of nitrogens with zero attached hydrogens (tertiary/aromatic N) is 1. The summed E-state index contributed by atoms with van der Waals surface area (Å²) in [4.78, 5) is 4.13. The summed E-state index contributed by atoms with van der Waals surface area (Å²) >= 11 is 1.79. The van der Waals surface area contributed by atoms with Crippen molar-refractivity contribution < 1.29 is 0 Å². The first-order valence-electron chi connectivity index (χ1n) is 4.36. The fraction of sp³-hybridized carbons (Fsp3) is 0.444. The molecule has 1 atom stereocenters. The number of dihydropyridines is 1. The van der Waals surface area contributed by atoms with E-state index in [1.54, 1.807) is 11.8 Å². The van der Waals surface area contributed by atoms with Crippen LogP contribution in [0.3, 0.4) is 0 Å². The van der Waals surface area contributed by atoms with Gasteiger partial charge in [0, 0.05) is 19.3 Å². The Balaban J connectivity index is 2.03. The smallest absolute Gasteiger partial charge is 0.156 e. The van der Waals surface area contributed by atoms with Gasteiger partial charge in [-0.25, -0.2) is 0 Å². The highest BCUT2D eigenvalue weighted by molar-refractivity contribution is 8.14. The first-order chi connectivity index (χ1) is 6.40. The first kappa shape index (κ1) is 8.69. The second-order valence-corrected chi connectivity index (χ2v) is 3.99. The Morgan fingerprint density at radius 3 is 3.15 bits per heavy atom. The number of amidine groups is 1. The number of hydrogen-bond acceptors (Lipinski definition) is 3. The maximum absolute atomic E-state index is 4.13. The van der Waals surface area contributed by atoms with E-state index < -0.39 is 0 Å². The quantitative estimate of drug-likeness (QED) is 0.647. The van der Waals surface area contributed by atoms with E-state index in [0.29, 0.717) is 6.04 Å². The van der Waals surface area contributed by atoms with E-state index in [9.17, 15) is 0 Å². The summed E-state index contributed by atoms with van der Waals surface area (Å²) in [6, 6.07) is 0.446. The Morgan fingerprint density at radius 1 is 1.62 bits per heavy atom. The number of thioether (sulfide) groups is 1. The van der Waals surface area contributed by atoms with Crippen molar-refractivity contribution in [3.05, 3.63) is 23.9 Å². The fourth-order valence-corrected chi connectivity index (χ4v) is 2.38. The van der Waals surface area contributed by atoms with Gasteiger partial charge in [-0.2, -0.15) is 0 Å². The minimum atomic E-state index is 0.446. The third-order valence-electron chi connectivity index (χ3n) is 2.14. The van der Waals surface area contributed by atoms with E-state index in [-0.39, 0.29) is 0 Å². The second-order valence-electron chi connectivity index (χ2n) is 2.98. The summed E-state index contributed by atoms with van der Waals surface area (Å²) in [6.45, 7) is 0.938. The molecule has 2 rings (SSSR count). The van der Waals surface area contributed by atoms with E-state index in [1.807, 2.05) is 13.2 Å². The molecular formula is C9H13N3S. The molecule has 4 heteroatoms. The van der Waals surface area contributed by atoms with Crippen molar-refractivity contribution in [2.45, 2.75) is 6.04 Å². The summed E-state index contributed by atoms with van der Waals surface area (Å²) in [5.74, 6) is 1.09. The molecular weight excluding hydrogens is 182 g/mol. The lowest BCUT2D eigenvalue weighted by Gasteiger charge is -2.14. The molecule has 0 aromatic heterocycles. The number of rotatable bonds is 1. The lowest BCUT2D eigenvalue weighted by atomic mass is 10.1. The maximum atomic E-state index is 4.13. The van der Waals surface area contributed by atoms with Crippen molar-refractivity contribution in [1.29, 1.82) is 0 Å². The van der Waals surface area contributed by atoms with Crippen molar-refractivity contribution in [3.8, 4) is 0 Å². The molecule has 70 valence electrons. The van der Waals surface area contributed by atoms with E-state index in [0.717, 1.165) is 17.5 Å². The van der Waals surface area contributed by atoms with Gasteiger partial charge in [-0.05, 0) is 17.8 Å². The van der Waals surface area contributed by atoms with Gasteiger partial charge in [0.2, 0.25) is 0 Å². The normalized spacial score (nSPS) is 29.8. The minimum absolute atomic E-state index is 0.446. The predicted octanol–water partition coefficient (Wildman–Crippen LogP) is 0.720. The SMILES string of the molecule is CN=C1NC(C2=CCNC=C2)CS1. The van der Waals surface area contributed by atoms with Crippen LogP contribution in [0, 0.1) is 0 Å². The van der Waals surface area contributed by atoms with Crippen molar-refractivity contribution in [1.82, 2.24) is 10.6 Å². The lowest BCUT2D eigenvalue weighted by Crippen LogP contribution is -2.29. The Labute approximate surface area is 82.4 Å². The average Bonchev–Trinajstić information content (AvgIpc) is 2.67. The van der Waals surface area contributed by atoms with Gasteiger partial charge in [-0.1, -0.05) is 17.8 Å². The van der Waals surface area contributed by atoms with Crippen LogP contribution in [-0.2, 0) is 0 Å². The number of aliphatic imine (C=N–C) groups is 1. The molecule has 3 nitrogen and oxygen atoms in total. The standard InChI is InChI=1S/C9H13N3S/c1-10-9-12-8(6-13-9)7-2-4-11-5-3-7/h2-4,8,11H,5-6H2,1H3,(H,10,12). The molecule has 0 aromatic carbocycles. The van der Waals surface area contributed by atoms with Crippen molar-refractivity contribution in [3.63, 3.8) is 0 Å². The van der Waals surface area contributed by atoms with E-state index in [4.69, 9.17) is 0 Å². The van der Waals surface area contributed by atoms with Crippen LogP contribution in [0.15, 0.2) is 28.9 Å². The Morgan fingerprint density at radius 2 is 2.54 bits per heavy atom. The molecule has 2 aliphatic rings. The molecule has 0 aromatic rings. The average molecular weight is 195 g/mol. The third kappa shape index (κ3) is 1.88. The summed E-state index contributed by atoms with van der Waals surface area (Å²) in [5.41, 5.74) is 1.37. The van der Waals surface area contributed by atoms with Crippen LogP contribution in [0.25, 0.3) is 0 Å². The van der Waals surface area contributed by atoms with Crippen molar-refractivity contribution >= 4 is 16.9 Å². The molecule has 2 N–H and O–H groups in total. The topological polar surface area (TPSA) is 36.4 Å². The highest BCUT2D eigenvalue weighted by atomic mass is 32.2. The van der Waals surface area contributed by atoms with Crippen molar-refractivity contribution in [2.75, 3.05) is 19.3 Å². The molecule has 0 spiro atoms. The lowest BCUT2D eigenvalue weighted by molar-refractivity contribution is 0.791. The van der Waals surface area contributed by atoms with Gasteiger partial charge >= 0.3 is 0 Å². The van der Waals surface area contributed by atoms with Crippen molar-refractivity contribution in [2.24, 2.45) is 4.99 Å². The van der Waals surface area contributed by atoms with Crippen LogP contribution in [0.2, 0.25) is 0 Å². The van der Waals surface area contributed by atoms with Gasteiger partial charge in [0.1, 0.15) is 0 Å². The zero-order valence-electron chi connectivity index (χ0n) is 7.58. The van der Waals surface area contributed by atoms with Gasteiger partial charge in [0.25, 0.3) is 0 Å². The molecule has 13 heavy (non-hydrogen) atoms. The van der Waals surface area contributed by atoms with Gasteiger partial charge in [-0.15, -0.1) is 0 Å². The van der Waals surface area contributed by atoms with Crippen LogP contribution in [0.1, 0.15) is 0 Å². The Bertz CT molecular complexity index is 281. The summed E-state index contributed by atoms with van der Waals surface area (Å²) in [5, 5.41) is 7.57. The van der Waals surface area contributed by atoms with Crippen LogP contribution in [0.5, 0.6) is 0 Å². The largest absolute Gasteiger partial charge is 0.387 e. The molecule has 0 radical (unpaired) electrons. The molecule has 0 saturated carbocycles. The molecule has 1 fully saturated rings. The van der Waals surface area contributed by atoms with E-state index >= 15 is 0 Å². The van der Waals surface area contributed by atoms with E-state index in [1.165, 1.54) is 5.57 Å². The van der Waals surface area contributed by atoms with Crippen LogP contribution in [0.4, 0.5) is 0 Å². The number of nitrogens with one attached hydrogen (secondary N) is 2. The zero-order valence-corrected chi connectivity index (χ0v) is 8.40. The van der Waals surface area contributed by atoms with Gasteiger partial charge in [0.15, 0.2) is 5.17 Å². The molecule has 0 aliphatic carbocycles. The molecule has 2 aliphatic heterocycles. The first-order valence-corrected chi connectivity index (χ1v) is 5.35. The third-order valence-corrected chi connectivity index (χ3v) is 3.21. The van der Waals surface area contributed by atoms with Crippen LogP contribution in [-0.4, -0.2) is 30.6 Å². The zero-order chi connectivity index (χ0) is 9.10. The highest BCUT2D eigenvalue weighted by Crippen LogP contribution is 2.20. The number of hydrogen-bond donors (Lipinski definition) is 2. The van der Waals surface area contributed by atoms with Crippen LogP contribution >= 0.6 is 11.8 Å². The fourth-order valence-electron chi connectivity index (χ4n) is 1.43. The minimum Gasteiger partial charge on any atom is -0.387 e. The summed E-state index contributed by atoms with van der Waals surface area (Å²) in [6.07, 6.45) is 6.35. The molecule has 1 unspecified atom stereocenters. The monoisotopic (exact) mass is 195 g/mol.